The SMILES string of the molecule is COc1ccc(C(O)C2CCC(C)C2)cc1. The van der Waals surface area contributed by atoms with E-state index in [1.54, 1.807) is 7.11 Å². The van der Waals surface area contributed by atoms with Crippen molar-refractivity contribution < 1.29 is 9.84 Å². The summed E-state index contributed by atoms with van der Waals surface area (Å²) in [5.41, 5.74) is 1.01. The molecule has 1 aliphatic carbocycles. The third-order valence-electron chi connectivity index (χ3n) is 3.64. The van der Waals surface area contributed by atoms with Gasteiger partial charge in [0.05, 0.1) is 13.2 Å². The third kappa shape index (κ3) is 2.38. The van der Waals surface area contributed by atoms with Gasteiger partial charge in [-0.25, -0.2) is 0 Å². The van der Waals surface area contributed by atoms with Crippen LogP contribution in [0.25, 0.3) is 0 Å². The predicted molar refractivity (Wildman–Crippen MR) is 64.5 cm³/mol. The number of ether oxygens (including phenoxy) is 1. The van der Waals surface area contributed by atoms with Crippen LogP contribution >= 0.6 is 0 Å². The van der Waals surface area contributed by atoms with E-state index in [0.717, 1.165) is 30.1 Å². The number of hydrogen-bond donors (Lipinski definition) is 1. The number of aliphatic hydroxyl groups is 1. The van der Waals surface area contributed by atoms with E-state index in [1.165, 1.54) is 6.42 Å². The molecule has 1 N–H and O–H groups in total. The average Bonchev–Trinajstić information content (AvgIpc) is 2.75. The highest BCUT2D eigenvalue weighted by Crippen LogP contribution is 2.38. The fraction of sp³-hybridized carbons (Fsp3) is 0.571. The molecule has 0 bridgehead atoms. The lowest BCUT2D eigenvalue weighted by atomic mass is 9.93. The summed E-state index contributed by atoms with van der Waals surface area (Å²) in [6, 6.07) is 7.76. The van der Waals surface area contributed by atoms with Crippen molar-refractivity contribution in [2.45, 2.75) is 32.3 Å². The highest BCUT2D eigenvalue weighted by atomic mass is 16.5. The minimum absolute atomic E-state index is 0.309. The molecule has 88 valence electrons. The van der Waals surface area contributed by atoms with E-state index in [-0.39, 0.29) is 6.10 Å². The molecule has 1 aliphatic rings. The maximum Gasteiger partial charge on any atom is 0.118 e. The molecular weight excluding hydrogens is 200 g/mol. The van der Waals surface area contributed by atoms with E-state index in [9.17, 15) is 5.11 Å². The van der Waals surface area contributed by atoms with Crippen LogP contribution in [0.2, 0.25) is 0 Å². The van der Waals surface area contributed by atoms with E-state index in [4.69, 9.17) is 4.74 Å². The Morgan fingerprint density at radius 2 is 1.94 bits per heavy atom. The zero-order chi connectivity index (χ0) is 11.5. The standard InChI is InChI=1S/C14H20O2/c1-10-3-4-12(9-10)14(15)11-5-7-13(16-2)8-6-11/h5-8,10,12,14-15H,3-4,9H2,1-2H3. The number of aliphatic hydroxyl groups excluding tert-OH is 1. The summed E-state index contributed by atoms with van der Waals surface area (Å²) < 4.78 is 5.11. The summed E-state index contributed by atoms with van der Waals surface area (Å²) in [4.78, 5) is 0. The van der Waals surface area contributed by atoms with Crippen LogP contribution in [0, 0.1) is 11.8 Å². The van der Waals surface area contributed by atoms with Crippen molar-refractivity contribution in [3.63, 3.8) is 0 Å². The molecule has 0 radical (unpaired) electrons. The second kappa shape index (κ2) is 4.88. The number of rotatable bonds is 3. The molecule has 16 heavy (non-hydrogen) atoms. The molecule has 3 unspecified atom stereocenters. The first-order valence-corrected chi connectivity index (χ1v) is 6.02. The first kappa shape index (κ1) is 11.5. The Morgan fingerprint density at radius 3 is 2.44 bits per heavy atom. The molecular formula is C14H20O2. The molecule has 2 nitrogen and oxygen atoms in total. The topological polar surface area (TPSA) is 29.5 Å². The van der Waals surface area contributed by atoms with Crippen LogP contribution in [0.5, 0.6) is 5.75 Å². The fourth-order valence-corrected chi connectivity index (χ4v) is 2.61. The Hall–Kier alpha value is -1.02. The second-order valence-electron chi connectivity index (χ2n) is 4.90. The fourth-order valence-electron chi connectivity index (χ4n) is 2.61. The summed E-state index contributed by atoms with van der Waals surface area (Å²) in [5.74, 6) is 2.04. The van der Waals surface area contributed by atoms with Gasteiger partial charge < -0.3 is 9.84 Å². The summed E-state index contributed by atoms with van der Waals surface area (Å²) >= 11 is 0. The van der Waals surface area contributed by atoms with Crippen molar-refractivity contribution in [1.82, 2.24) is 0 Å². The van der Waals surface area contributed by atoms with Gasteiger partial charge in [0.25, 0.3) is 0 Å². The summed E-state index contributed by atoms with van der Waals surface area (Å²) in [6.07, 6.45) is 3.23. The minimum atomic E-state index is -0.309. The minimum Gasteiger partial charge on any atom is -0.497 e. The van der Waals surface area contributed by atoms with E-state index in [2.05, 4.69) is 6.92 Å². The zero-order valence-corrected chi connectivity index (χ0v) is 10.0. The van der Waals surface area contributed by atoms with Crippen molar-refractivity contribution in [1.29, 1.82) is 0 Å². The van der Waals surface area contributed by atoms with Gasteiger partial charge in [-0.1, -0.05) is 25.5 Å². The van der Waals surface area contributed by atoms with Crippen LogP contribution in [-0.2, 0) is 0 Å². The number of methoxy groups -OCH3 is 1. The second-order valence-corrected chi connectivity index (χ2v) is 4.90. The molecule has 1 fully saturated rings. The van der Waals surface area contributed by atoms with Crippen LogP contribution in [0.4, 0.5) is 0 Å². The Bertz CT molecular complexity index is 331. The molecule has 2 rings (SSSR count). The largest absolute Gasteiger partial charge is 0.497 e. The Kier molecular flexibility index (Phi) is 3.49. The van der Waals surface area contributed by atoms with Crippen LogP contribution in [-0.4, -0.2) is 12.2 Å². The maximum absolute atomic E-state index is 10.3. The zero-order valence-electron chi connectivity index (χ0n) is 10.0. The van der Waals surface area contributed by atoms with Crippen LogP contribution in [0.3, 0.4) is 0 Å². The van der Waals surface area contributed by atoms with E-state index in [1.807, 2.05) is 24.3 Å². The molecule has 0 amide bonds. The molecule has 2 heteroatoms. The molecule has 3 atom stereocenters. The first-order valence-electron chi connectivity index (χ1n) is 6.02. The van der Waals surface area contributed by atoms with Gasteiger partial charge in [-0.2, -0.15) is 0 Å². The first-order chi connectivity index (χ1) is 7.70. The van der Waals surface area contributed by atoms with Gasteiger partial charge in [-0.3, -0.25) is 0 Å². The number of benzene rings is 1. The molecule has 0 heterocycles. The lowest BCUT2D eigenvalue weighted by Crippen LogP contribution is -2.09. The quantitative estimate of drug-likeness (QED) is 0.847. The van der Waals surface area contributed by atoms with Gasteiger partial charge in [-0.05, 0) is 42.4 Å². The predicted octanol–water partition coefficient (Wildman–Crippen LogP) is 3.16. The molecule has 0 aromatic heterocycles. The van der Waals surface area contributed by atoms with Gasteiger partial charge in [0, 0.05) is 0 Å². The van der Waals surface area contributed by atoms with Crippen molar-refractivity contribution in [3.8, 4) is 5.75 Å². The third-order valence-corrected chi connectivity index (χ3v) is 3.64. The molecule has 1 aromatic carbocycles. The lowest BCUT2D eigenvalue weighted by molar-refractivity contribution is 0.109. The summed E-state index contributed by atoms with van der Waals surface area (Å²) in [7, 11) is 1.66. The van der Waals surface area contributed by atoms with Crippen molar-refractivity contribution >= 4 is 0 Å². The summed E-state index contributed by atoms with van der Waals surface area (Å²) in [5, 5.41) is 10.3. The number of hydrogen-bond acceptors (Lipinski definition) is 2. The maximum atomic E-state index is 10.3. The normalized spacial score (nSPS) is 26.7. The highest BCUT2D eigenvalue weighted by molar-refractivity contribution is 5.28. The van der Waals surface area contributed by atoms with Gasteiger partial charge in [0.1, 0.15) is 5.75 Å². The molecule has 1 saturated carbocycles. The smallest absolute Gasteiger partial charge is 0.118 e. The van der Waals surface area contributed by atoms with Crippen LogP contribution in [0.1, 0.15) is 37.9 Å². The van der Waals surface area contributed by atoms with Gasteiger partial charge in [0.2, 0.25) is 0 Å². The van der Waals surface area contributed by atoms with Crippen molar-refractivity contribution in [3.05, 3.63) is 29.8 Å². The van der Waals surface area contributed by atoms with Crippen molar-refractivity contribution in [2.24, 2.45) is 11.8 Å². The molecule has 0 spiro atoms. The van der Waals surface area contributed by atoms with Crippen LogP contribution in [0.15, 0.2) is 24.3 Å². The Morgan fingerprint density at radius 1 is 1.25 bits per heavy atom. The van der Waals surface area contributed by atoms with Crippen molar-refractivity contribution in [2.75, 3.05) is 7.11 Å². The van der Waals surface area contributed by atoms with Gasteiger partial charge in [0.15, 0.2) is 0 Å². The van der Waals surface area contributed by atoms with E-state index < -0.39 is 0 Å². The molecule has 0 saturated heterocycles. The highest BCUT2D eigenvalue weighted by Gasteiger charge is 2.28. The van der Waals surface area contributed by atoms with E-state index in [0.29, 0.717) is 5.92 Å². The monoisotopic (exact) mass is 220 g/mol. The Labute approximate surface area is 97.3 Å². The van der Waals surface area contributed by atoms with Crippen LogP contribution < -0.4 is 4.74 Å². The lowest BCUT2D eigenvalue weighted by Gasteiger charge is -2.18. The van der Waals surface area contributed by atoms with Gasteiger partial charge >= 0.3 is 0 Å². The average molecular weight is 220 g/mol. The van der Waals surface area contributed by atoms with E-state index >= 15 is 0 Å². The van der Waals surface area contributed by atoms with Gasteiger partial charge in [-0.15, -0.1) is 0 Å². The molecule has 1 aromatic rings. The Balaban J connectivity index is 2.05. The summed E-state index contributed by atoms with van der Waals surface area (Å²) in [6.45, 7) is 2.26. The molecule has 0 aliphatic heterocycles.